The van der Waals surface area contributed by atoms with Crippen molar-refractivity contribution < 1.29 is 4.42 Å². The minimum Gasteiger partial charge on any atom is -0.461 e. The Morgan fingerprint density at radius 2 is 1.86 bits per heavy atom. The lowest BCUT2D eigenvalue weighted by Gasteiger charge is -1.99. The van der Waals surface area contributed by atoms with Gasteiger partial charge in [-0.1, -0.05) is 19.9 Å². The lowest BCUT2D eigenvalue weighted by atomic mass is 10.1. The molecule has 74 valence electrons. The van der Waals surface area contributed by atoms with Gasteiger partial charge in [0.25, 0.3) is 0 Å². The molecule has 14 heavy (non-hydrogen) atoms. The summed E-state index contributed by atoms with van der Waals surface area (Å²) in [5.74, 6) is 1.08. The summed E-state index contributed by atoms with van der Waals surface area (Å²) in [6, 6.07) is 6.56. The van der Waals surface area contributed by atoms with Crippen molar-refractivity contribution >= 4 is 11.0 Å². The minimum atomic E-state index is 0.968. The molecule has 1 aromatic heterocycles. The largest absolute Gasteiger partial charge is 0.461 e. The number of furan rings is 1. The molecule has 0 atom stereocenters. The molecule has 0 N–H and O–H groups in total. The van der Waals surface area contributed by atoms with Crippen LogP contribution in [0.5, 0.6) is 0 Å². The van der Waals surface area contributed by atoms with E-state index in [1.54, 1.807) is 0 Å². The van der Waals surface area contributed by atoms with Crippen LogP contribution < -0.4 is 0 Å². The first kappa shape index (κ1) is 9.32. The monoisotopic (exact) mass is 188 g/mol. The molecule has 0 unspecified atom stereocenters. The first-order valence-electron chi connectivity index (χ1n) is 5.26. The summed E-state index contributed by atoms with van der Waals surface area (Å²) >= 11 is 0. The molecule has 0 fully saturated rings. The van der Waals surface area contributed by atoms with E-state index in [1.165, 1.54) is 16.5 Å². The molecule has 1 heterocycles. The second-order valence-corrected chi connectivity index (χ2v) is 3.74. The standard InChI is InChI=1S/C13H16O/c1-4-10-6-9(3)12-8-11(5-2)14-13(12)7-10/h6-8H,4-5H2,1-3H3. The van der Waals surface area contributed by atoms with Crippen molar-refractivity contribution in [3.05, 3.63) is 35.1 Å². The fourth-order valence-electron chi connectivity index (χ4n) is 1.82. The molecule has 0 aliphatic rings. The van der Waals surface area contributed by atoms with Gasteiger partial charge in [0.2, 0.25) is 0 Å². The van der Waals surface area contributed by atoms with Crippen LogP contribution in [0.3, 0.4) is 0 Å². The zero-order chi connectivity index (χ0) is 10.1. The summed E-state index contributed by atoms with van der Waals surface area (Å²) in [6.07, 6.45) is 2.04. The lowest BCUT2D eigenvalue weighted by Crippen LogP contribution is -1.81. The van der Waals surface area contributed by atoms with Crippen molar-refractivity contribution in [1.29, 1.82) is 0 Å². The third-order valence-electron chi connectivity index (χ3n) is 2.71. The Hall–Kier alpha value is -1.24. The molecule has 0 aliphatic heterocycles. The van der Waals surface area contributed by atoms with Gasteiger partial charge in [-0.05, 0) is 36.6 Å². The SMILES string of the molecule is CCc1cc(C)c2cc(CC)oc2c1. The lowest BCUT2D eigenvalue weighted by molar-refractivity contribution is 0.556. The molecular formula is C13H16O. The van der Waals surface area contributed by atoms with Gasteiger partial charge in [-0.25, -0.2) is 0 Å². The highest BCUT2D eigenvalue weighted by Crippen LogP contribution is 2.25. The molecular weight excluding hydrogens is 172 g/mol. The first-order valence-corrected chi connectivity index (χ1v) is 5.26. The van der Waals surface area contributed by atoms with Crippen LogP contribution >= 0.6 is 0 Å². The Bertz CT molecular complexity index is 451. The molecule has 1 aromatic carbocycles. The van der Waals surface area contributed by atoms with Crippen LogP contribution in [0.4, 0.5) is 0 Å². The Kier molecular flexibility index (Phi) is 2.32. The van der Waals surface area contributed by atoms with Gasteiger partial charge in [0.15, 0.2) is 0 Å². The summed E-state index contributed by atoms with van der Waals surface area (Å²) in [5.41, 5.74) is 3.72. The third kappa shape index (κ3) is 1.43. The number of hydrogen-bond donors (Lipinski definition) is 0. The predicted octanol–water partition coefficient (Wildman–Crippen LogP) is 3.87. The quantitative estimate of drug-likeness (QED) is 0.697. The Morgan fingerprint density at radius 3 is 2.50 bits per heavy atom. The van der Waals surface area contributed by atoms with Crippen LogP contribution in [0.25, 0.3) is 11.0 Å². The second-order valence-electron chi connectivity index (χ2n) is 3.74. The van der Waals surface area contributed by atoms with E-state index in [1.807, 2.05) is 0 Å². The highest BCUT2D eigenvalue weighted by atomic mass is 16.3. The van der Waals surface area contributed by atoms with Gasteiger partial charge in [0.1, 0.15) is 11.3 Å². The fraction of sp³-hybridized carbons (Fsp3) is 0.385. The van der Waals surface area contributed by atoms with Gasteiger partial charge in [-0.2, -0.15) is 0 Å². The number of fused-ring (bicyclic) bond motifs is 1. The van der Waals surface area contributed by atoms with E-state index in [9.17, 15) is 0 Å². The topological polar surface area (TPSA) is 13.1 Å². The number of aryl methyl sites for hydroxylation is 3. The van der Waals surface area contributed by atoms with E-state index in [2.05, 4.69) is 39.0 Å². The van der Waals surface area contributed by atoms with Gasteiger partial charge in [0, 0.05) is 11.8 Å². The van der Waals surface area contributed by atoms with Gasteiger partial charge in [-0.15, -0.1) is 0 Å². The summed E-state index contributed by atoms with van der Waals surface area (Å²) in [7, 11) is 0. The second kappa shape index (κ2) is 3.49. The van der Waals surface area contributed by atoms with Crippen molar-refractivity contribution in [2.45, 2.75) is 33.6 Å². The van der Waals surface area contributed by atoms with E-state index in [0.29, 0.717) is 0 Å². The Morgan fingerprint density at radius 1 is 1.07 bits per heavy atom. The van der Waals surface area contributed by atoms with Crippen LogP contribution in [0.15, 0.2) is 22.6 Å². The average molecular weight is 188 g/mol. The van der Waals surface area contributed by atoms with E-state index < -0.39 is 0 Å². The smallest absolute Gasteiger partial charge is 0.134 e. The predicted molar refractivity (Wildman–Crippen MR) is 59.7 cm³/mol. The molecule has 1 nitrogen and oxygen atoms in total. The van der Waals surface area contributed by atoms with Crippen LogP contribution in [0, 0.1) is 6.92 Å². The van der Waals surface area contributed by atoms with Crippen molar-refractivity contribution in [1.82, 2.24) is 0 Å². The molecule has 0 aliphatic carbocycles. The van der Waals surface area contributed by atoms with Crippen LogP contribution in [0.1, 0.15) is 30.7 Å². The van der Waals surface area contributed by atoms with Crippen molar-refractivity contribution in [3.8, 4) is 0 Å². The molecule has 0 bridgehead atoms. The normalized spacial score (nSPS) is 11.1. The maximum atomic E-state index is 5.74. The van der Waals surface area contributed by atoms with E-state index in [4.69, 9.17) is 4.42 Å². The molecule has 2 aromatic rings. The molecule has 0 amide bonds. The summed E-state index contributed by atoms with van der Waals surface area (Å²) < 4.78 is 5.74. The van der Waals surface area contributed by atoms with Gasteiger partial charge in [-0.3, -0.25) is 0 Å². The molecule has 1 heteroatoms. The van der Waals surface area contributed by atoms with E-state index in [-0.39, 0.29) is 0 Å². The summed E-state index contributed by atoms with van der Waals surface area (Å²) in [5, 5.41) is 1.26. The molecule has 0 saturated carbocycles. The number of hydrogen-bond acceptors (Lipinski definition) is 1. The van der Waals surface area contributed by atoms with Gasteiger partial charge in [0.05, 0.1) is 0 Å². The fourth-order valence-corrected chi connectivity index (χ4v) is 1.82. The molecule has 2 rings (SSSR count). The number of rotatable bonds is 2. The molecule has 0 saturated heterocycles. The van der Waals surface area contributed by atoms with Crippen LogP contribution in [-0.2, 0) is 12.8 Å². The zero-order valence-corrected chi connectivity index (χ0v) is 9.05. The van der Waals surface area contributed by atoms with Crippen molar-refractivity contribution in [2.24, 2.45) is 0 Å². The van der Waals surface area contributed by atoms with Crippen LogP contribution in [0.2, 0.25) is 0 Å². The Balaban J connectivity index is 2.67. The average Bonchev–Trinajstić information content (AvgIpc) is 2.61. The van der Waals surface area contributed by atoms with Crippen molar-refractivity contribution in [3.63, 3.8) is 0 Å². The minimum absolute atomic E-state index is 0.968. The highest BCUT2D eigenvalue weighted by molar-refractivity contribution is 5.82. The first-order chi connectivity index (χ1) is 6.74. The Labute approximate surface area is 84.7 Å². The number of benzene rings is 1. The maximum absolute atomic E-state index is 5.74. The van der Waals surface area contributed by atoms with E-state index >= 15 is 0 Å². The van der Waals surface area contributed by atoms with Gasteiger partial charge >= 0.3 is 0 Å². The summed E-state index contributed by atoms with van der Waals surface area (Å²) in [4.78, 5) is 0. The van der Waals surface area contributed by atoms with Crippen LogP contribution in [-0.4, -0.2) is 0 Å². The van der Waals surface area contributed by atoms with E-state index in [0.717, 1.165) is 24.2 Å². The van der Waals surface area contributed by atoms with Gasteiger partial charge < -0.3 is 4.42 Å². The highest BCUT2D eigenvalue weighted by Gasteiger charge is 2.05. The maximum Gasteiger partial charge on any atom is 0.134 e. The third-order valence-corrected chi connectivity index (χ3v) is 2.71. The zero-order valence-electron chi connectivity index (χ0n) is 9.05. The molecule has 0 radical (unpaired) electrons. The van der Waals surface area contributed by atoms with Crippen molar-refractivity contribution in [2.75, 3.05) is 0 Å². The molecule has 0 spiro atoms. The summed E-state index contributed by atoms with van der Waals surface area (Å²) in [6.45, 7) is 6.44.